The molecule has 1 unspecified atom stereocenters. The zero-order chi connectivity index (χ0) is 14.6. The predicted molar refractivity (Wildman–Crippen MR) is 70.1 cm³/mol. The number of hydrogen-bond donors (Lipinski definition) is 0. The smallest absolute Gasteiger partial charge is 0.167 e. The molecule has 104 valence electrons. The zero-order valence-electron chi connectivity index (χ0n) is 11.6. The summed E-state index contributed by atoms with van der Waals surface area (Å²) in [5.41, 5.74) is 0.124. The highest BCUT2D eigenvalue weighted by Crippen LogP contribution is 2.27. The fraction of sp³-hybridized carbons (Fsp3) is 0.500. The van der Waals surface area contributed by atoms with Crippen LogP contribution in [0.1, 0.15) is 13.8 Å². The number of methoxy groups -OCH3 is 1. The molecule has 0 aliphatic heterocycles. The van der Waals surface area contributed by atoms with Gasteiger partial charge in [0.05, 0.1) is 24.8 Å². The molecule has 1 aromatic carbocycles. The lowest BCUT2D eigenvalue weighted by Crippen LogP contribution is -2.28. The number of nitriles is 1. The van der Waals surface area contributed by atoms with Crippen molar-refractivity contribution in [3.63, 3.8) is 0 Å². The Morgan fingerprint density at radius 2 is 1.95 bits per heavy atom. The maximum absolute atomic E-state index is 13.9. The monoisotopic (exact) mass is 268 g/mol. The summed E-state index contributed by atoms with van der Waals surface area (Å²) in [7, 11) is 2.92. The van der Waals surface area contributed by atoms with Crippen LogP contribution in [0.15, 0.2) is 12.1 Å². The third kappa shape index (κ3) is 3.57. The van der Waals surface area contributed by atoms with Crippen LogP contribution in [0.25, 0.3) is 0 Å². The van der Waals surface area contributed by atoms with E-state index in [4.69, 9.17) is 10.00 Å². The van der Waals surface area contributed by atoms with E-state index >= 15 is 0 Å². The summed E-state index contributed by atoms with van der Waals surface area (Å²) in [6, 6.07) is 4.27. The quantitative estimate of drug-likeness (QED) is 0.822. The summed E-state index contributed by atoms with van der Waals surface area (Å²) in [5, 5.41) is 9.03. The van der Waals surface area contributed by atoms with Crippen molar-refractivity contribution in [3.8, 4) is 11.8 Å². The number of halogens is 2. The minimum atomic E-state index is -0.621. The third-order valence-corrected chi connectivity index (χ3v) is 3.07. The molecule has 0 aliphatic rings. The first-order valence-electron chi connectivity index (χ1n) is 6.04. The Balaban J connectivity index is 2.97. The van der Waals surface area contributed by atoms with Gasteiger partial charge in [-0.3, -0.25) is 0 Å². The molecule has 19 heavy (non-hydrogen) atoms. The van der Waals surface area contributed by atoms with Crippen LogP contribution in [0.5, 0.6) is 5.75 Å². The van der Waals surface area contributed by atoms with Crippen molar-refractivity contribution in [2.24, 2.45) is 11.8 Å². The van der Waals surface area contributed by atoms with Gasteiger partial charge in [-0.25, -0.2) is 8.78 Å². The average Bonchev–Trinajstić information content (AvgIpc) is 2.37. The summed E-state index contributed by atoms with van der Waals surface area (Å²) >= 11 is 0. The summed E-state index contributed by atoms with van der Waals surface area (Å²) in [5.74, 6) is -1.41. The number of hydrogen-bond acceptors (Lipinski definition) is 3. The van der Waals surface area contributed by atoms with Gasteiger partial charge < -0.3 is 9.64 Å². The Morgan fingerprint density at radius 3 is 2.42 bits per heavy atom. The second-order valence-electron chi connectivity index (χ2n) is 4.80. The first kappa shape index (κ1) is 15.2. The van der Waals surface area contributed by atoms with E-state index in [-0.39, 0.29) is 23.3 Å². The van der Waals surface area contributed by atoms with E-state index in [0.29, 0.717) is 6.54 Å². The predicted octanol–water partition coefficient (Wildman–Crippen LogP) is 3.21. The minimum absolute atomic E-state index is 0.124. The molecule has 0 saturated carbocycles. The standard InChI is InChI=1S/C14H18F2N2O/c1-9(2)10(7-17)8-18(3)13-5-12(16)14(19-4)6-11(13)15/h5-6,9-10H,8H2,1-4H3. The summed E-state index contributed by atoms with van der Waals surface area (Å²) in [6.45, 7) is 4.19. The number of anilines is 1. The van der Waals surface area contributed by atoms with Gasteiger partial charge in [0.2, 0.25) is 0 Å². The van der Waals surface area contributed by atoms with Crippen LogP contribution in [0, 0.1) is 34.8 Å². The highest BCUT2D eigenvalue weighted by Gasteiger charge is 2.19. The lowest BCUT2D eigenvalue weighted by atomic mass is 9.97. The molecule has 1 rings (SSSR count). The number of ether oxygens (including phenoxy) is 1. The van der Waals surface area contributed by atoms with E-state index in [1.165, 1.54) is 7.11 Å². The molecule has 0 heterocycles. The third-order valence-electron chi connectivity index (χ3n) is 3.07. The van der Waals surface area contributed by atoms with Crippen molar-refractivity contribution in [1.29, 1.82) is 5.26 Å². The van der Waals surface area contributed by atoms with E-state index < -0.39 is 11.6 Å². The van der Waals surface area contributed by atoms with Crippen LogP contribution < -0.4 is 9.64 Å². The maximum Gasteiger partial charge on any atom is 0.167 e. The molecule has 1 aromatic rings. The molecular formula is C14H18F2N2O. The average molecular weight is 268 g/mol. The highest BCUT2D eigenvalue weighted by molar-refractivity contribution is 5.51. The van der Waals surface area contributed by atoms with Gasteiger partial charge in [0.1, 0.15) is 5.82 Å². The Labute approximate surface area is 112 Å². The Bertz CT molecular complexity index is 483. The molecule has 0 aliphatic carbocycles. The van der Waals surface area contributed by atoms with Gasteiger partial charge in [-0.1, -0.05) is 13.8 Å². The van der Waals surface area contributed by atoms with Crippen LogP contribution in [-0.2, 0) is 0 Å². The van der Waals surface area contributed by atoms with Crippen molar-refractivity contribution < 1.29 is 13.5 Å². The molecule has 0 N–H and O–H groups in total. The largest absolute Gasteiger partial charge is 0.494 e. The molecule has 0 amide bonds. The lowest BCUT2D eigenvalue weighted by molar-refractivity contribution is 0.382. The highest BCUT2D eigenvalue weighted by atomic mass is 19.1. The Kier molecular flexibility index (Phi) is 5.11. The SMILES string of the molecule is COc1cc(F)c(N(C)CC(C#N)C(C)C)cc1F. The first-order valence-corrected chi connectivity index (χ1v) is 6.04. The second kappa shape index (κ2) is 6.37. The topological polar surface area (TPSA) is 36.3 Å². The molecule has 3 nitrogen and oxygen atoms in total. The molecule has 0 bridgehead atoms. The molecule has 0 spiro atoms. The molecular weight excluding hydrogens is 250 g/mol. The molecule has 0 aromatic heterocycles. The van der Waals surface area contributed by atoms with E-state index in [0.717, 1.165) is 12.1 Å². The van der Waals surface area contributed by atoms with Gasteiger partial charge in [-0.15, -0.1) is 0 Å². The molecule has 5 heteroatoms. The number of rotatable bonds is 5. The van der Waals surface area contributed by atoms with E-state index in [1.54, 1.807) is 11.9 Å². The lowest BCUT2D eigenvalue weighted by Gasteiger charge is -2.24. The van der Waals surface area contributed by atoms with Crippen molar-refractivity contribution in [2.45, 2.75) is 13.8 Å². The van der Waals surface area contributed by atoms with Crippen LogP contribution in [-0.4, -0.2) is 20.7 Å². The molecule has 1 atom stereocenters. The fourth-order valence-corrected chi connectivity index (χ4v) is 1.76. The molecule has 0 fully saturated rings. The number of benzene rings is 1. The van der Waals surface area contributed by atoms with Gasteiger partial charge in [-0.05, 0) is 5.92 Å². The second-order valence-corrected chi connectivity index (χ2v) is 4.80. The van der Waals surface area contributed by atoms with Crippen LogP contribution in [0.4, 0.5) is 14.5 Å². The van der Waals surface area contributed by atoms with Crippen LogP contribution >= 0.6 is 0 Å². The van der Waals surface area contributed by atoms with E-state index in [1.807, 2.05) is 13.8 Å². The van der Waals surface area contributed by atoms with Crippen molar-refractivity contribution in [3.05, 3.63) is 23.8 Å². The van der Waals surface area contributed by atoms with E-state index in [2.05, 4.69) is 6.07 Å². The molecule has 0 radical (unpaired) electrons. The maximum atomic E-state index is 13.9. The molecule has 0 saturated heterocycles. The van der Waals surface area contributed by atoms with Crippen LogP contribution in [0.2, 0.25) is 0 Å². The summed E-state index contributed by atoms with van der Waals surface area (Å²) < 4.78 is 32.2. The van der Waals surface area contributed by atoms with Gasteiger partial charge in [0.25, 0.3) is 0 Å². The van der Waals surface area contributed by atoms with Gasteiger partial charge >= 0.3 is 0 Å². The summed E-state index contributed by atoms with van der Waals surface area (Å²) in [6.07, 6.45) is 0. The first-order chi connectivity index (χ1) is 8.90. The Hall–Kier alpha value is -1.83. The fourth-order valence-electron chi connectivity index (χ4n) is 1.76. The Morgan fingerprint density at radius 1 is 1.32 bits per heavy atom. The number of nitrogens with zero attached hydrogens (tertiary/aromatic N) is 2. The van der Waals surface area contributed by atoms with Crippen molar-refractivity contribution >= 4 is 5.69 Å². The van der Waals surface area contributed by atoms with Gasteiger partial charge in [-0.2, -0.15) is 5.26 Å². The minimum Gasteiger partial charge on any atom is -0.494 e. The normalized spacial score (nSPS) is 12.1. The summed E-state index contributed by atoms with van der Waals surface area (Å²) in [4.78, 5) is 1.55. The van der Waals surface area contributed by atoms with Crippen LogP contribution in [0.3, 0.4) is 0 Å². The van der Waals surface area contributed by atoms with Crippen molar-refractivity contribution in [1.82, 2.24) is 0 Å². The van der Waals surface area contributed by atoms with Gasteiger partial charge in [0.15, 0.2) is 11.6 Å². The van der Waals surface area contributed by atoms with Crippen molar-refractivity contribution in [2.75, 3.05) is 25.6 Å². The van der Waals surface area contributed by atoms with Gasteiger partial charge in [0, 0.05) is 25.7 Å². The zero-order valence-corrected chi connectivity index (χ0v) is 11.6. The van der Waals surface area contributed by atoms with E-state index in [9.17, 15) is 8.78 Å².